The van der Waals surface area contributed by atoms with Crippen molar-refractivity contribution < 1.29 is 0 Å². The second kappa shape index (κ2) is 10.0. The lowest BCUT2D eigenvalue weighted by atomic mass is 9.84. The van der Waals surface area contributed by atoms with Gasteiger partial charge in [-0.3, -0.25) is 0 Å². The van der Waals surface area contributed by atoms with Gasteiger partial charge in [-0.25, -0.2) is 4.99 Å². The highest BCUT2D eigenvalue weighted by atomic mass is 15.2. The molecule has 0 fully saturated rings. The third-order valence-corrected chi connectivity index (χ3v) is 5.51. The van der Waals surface area contributed by atoms with Gasteiger partial charge in [-0.1, -0.05) is 71.4 Å². The molecule has 0 bridgehead atoms. The third kappa shape index (κ3) is 6.23. The second-order valence-electron chi connectivity index (χ2n) is 9.90. The molecule has 1 aromatic carbocycles. The first-order valence-corrected chi connectivity index (χ1v) is 11.1. The zero-order chi connectivity index (χ0) is 24.2. The van der Waals surface area contributed by atoms with Crippen LogP contribution in [0, 0.1) is 12.3 Å². The van der Waals surface area contributed by atoms with Crippen LogP contribution in [0.4, 0.5) is 0 Å². The Balaban J connectivity index is 2.19. The summed E-state index contributed by atoms with van der Waals surface area (Å²) in [6.45, 7) is 30.1. The van der Waals surface area contributed by atoms with Crippen molar-refractivity contribution in [2.24, 2.45) is 10.4 Å². The van der Waals surface area contributed by atoms with Crippen LogP contribution in [0.15, 0.2) is 90.0 Å². The molecule has 0 unspecified atom stereocenters. The first kappa shape index (κ1) is 25.2. The van der Waals surface area contributed by atoms with Gasteiger partial charge in [0, 0.05) is 19.3 Å². The van der Waals surface area contributed by atoms with Gasteiger partial charge in [0.15, 0.2) is 0 Å². The normalized spacial score (nSPS) is 15.5. The average Bonchev–Trinajstić information content (AvgIpc) is 2.70. The maximum absolute atomic E-state index is 4.83. The van der Waals surface area contributed by atoms with Gasteiger partial charge < -0.3 is 10.2 Å². The molecule has 1 N–H and O–H groups in total. The number of aryl methyl sites for hydroxylation is 1. The first-order chi connectivity index (χ1) is 14.8. The fourth-order valence-electron chi connectivity index (χ4n) is 3.84. The molecule has 0 saturated heterocycles. The molecule has 3 nitrogen and oxygen atoms in total. The Bertz CT molecular complexity index is 1040. The van der Waals surface area contributed by atoms with E-state index in [0.29, 0.717) is 6.54 Å². The lowest BCUT2D eigenvalue weighted by Crippen LogP contribution is -2.27. The molecule has 0 saturated carbocycles. The van der Waals surface area contributed by atoms with E-state index in [9.17, 15) is 0 Å². The van der Waals surface area contributed by atoms with Crippen LogP contribution >= 0.6 is 0 Å². The zero-order valence-electron chi connectivity index (χ0n) is 21.0. The number of hydrogen-bond donors (Lipinski definition) is 1. The molecular weight excluding hydrogens is 390 g/mol. The van der Waals surface area contributed by atoms with Gasteiger partial charge in [-0.05, 0) is 72.1 Å². The van der Waals surface area contributed by atoms with Gasteiger partial charge in [0.2, 0.25) is 0 Å². The molecule has 0 spiro atoms. The molecule has 2 rings (SSSR count). The van der Waals surface area contributed by atoms with Crippen molar-refractivity contribution >= 4 is 11.3 Å². The number of allylic oxidation sites excluding steroid dienone is 5. The van der Waals surface area contributed by atoms with E-state index < -0.39 is 0 Å². The van der Waals surface area contributed by atoms with E-state index in [-0.39, 0.29) is 5.41 Å². The second-order valence-corrected chi connectivity index (χ2v) is 9.90. The van der Waals surface area contributed by atoms with Crippen LogP contribution in [0.2, 0.25) is 0 Å². The molecule has 1 aromatic rings. The Kier molecular flexibility index (Phi) is 7.90. The van der Waals surface area contributed by atoms with Crippen molar-refractivity contribution in [3.8, 4) is 0 Å². The van der Waals surface area contributed by atoms with Crippen LogP contribution in [0.5, 0.6) is 0 Å². The number of hydrogen-bond acceptors (Lipinski definition) is 3. The maximum Gasteiger partial charge on any atom is 0.136 e. The zero-order valence-corrected chi connectivity index (χ0v) is 21.0. The van der Waals surface area contributed by atoms with Gasteiger partial charge in [0.05, 0.1) is 11.4 Å². The molecule has 170 valence electrons. The van der Waals surface area contributed by atoms with E-state index in [4.69, 9.17) is 4.99 Å². The third-order valence-electron chi connectivity index (χ3n) is 5.51. The van der Waals surface area contributed by atoms with Crippen LogP contribution in [0.3, 0.4) is 0 Å². The number of nitrogens with one attached hydrogen (secondary N) is 1. The van der Waals surface area contributed by atoms with Crippen molar-refractivity contribution in [3.05, 3.63) is 102 Å². The smallest absolute Gasteiger partial charge is 0.136 e. The van der Waals surface area contributed by atoms with E-state index in [2.05, 4.69) is 77.5 Å². The highest BCUT2D eigenvalue weighted by Gasteiger charge is 2.20. The highest BCUT2D eigenvalue weighted by Crippen LogP contribution is 2.31. The molecule has 3 heteroatoms. The number of likely N-dealkylation sites (N-methyl/N-ethyl adjacent to an activating group) is 1. The highest BCUT2D eigenvalue weighted by molar-refractivity contribution is 6.09. The lowest BCUT2D eigenvalue weighted by Gasteiger charge is -2.29. The van der Waals surface area contributed by atoms with Crippen molar-refractivity contribution in [1.29, 1.82) is 0 Å². The summed E-state index contributed by atoms with van der Waals surface area (Å²) in [5.74, 6) is 0.857. The Morgan fingerprint density at radius 2 is 1.81 bits per heavy atom. The largest absolute Gasteiger partial charge is 0.380 e. The minimum atomic E-state index is 0.226. The van der Waals surface area contributed by atoms with E-state index in [1.54, 1.807) is 0 Å². The number of nitrogens with zero attached hydrogens (tertiary/aromatic N) is 2. The number of aliphatic imine (C=N–C) groups is 1. The summed E-state index contributed by atoms with van der Waals surface area (Å²) in [5, 5.41) is 3.45. The Morgan fingerprint density at radius 1 is 1.16 bits per heavy atom. The standard InChI is InChI=1S/C29H39N3/c1-12-20(4)28-31-26(16-27(19(2)3)32(28)11)23(7)30-18-24-13-14-25(21(5)15-24)22(6)17-29(8,9)10/h12-16,30H,1-2,6-7,17-18H2,3-5,8-11H3/b28-20-. The summed E-state index contributed by atoms with van der Waals surface area (Å²) >= 11 is 0. The fourth-order valence-corrected chi connectivity index (χ4v) is 3.84. The van der Waals surface area contributed by atoms with Crippen LogP contribution in [-0.2, 0) is 6.54 Å². The quantitative estimate of drug-likeness (QED) is 0.469. The van der Waals surface area contributed by atoms with E-state index in [0.717, 1.165) is 40.5 Å². The summed E-state index contributed by atoms with van der Waals surface area (Å²) < 4.78 is 0. The maximum atomic E-state index is 4.83. The summed E-state index contributed by atoms with van der Waals surface area (Å²) in [6, 6.07) is 6.57. The van der Waals surface area contributed by atoms with Gasteiger partial charge in [0.25, 0.3) is 0 Å². The molecular formula is C29H39N3. The Morgan fingerprint density at radius 3 is 2.34 bits per heavy atom. The monoisotopic (exact) mass is 429 g/mol. The fraction of sp³-hybridized carbons (Fsp3) is 0.345. The molecule has 1 heterocycles. The first-order valence-electron chi connectivity index (χ1n) is 11.1. The van der Waals surface area contributed by atoms with Gasteiger partial charge in [0.1, 0.15) is 5.82 Å². The van der Waals surface area contributed by atoms with Crippen molar-refractivity contribution in [2.45, 2.75) is 54.5 Å². The van der Waals surface area contributed by atoms with E-state index in [1.165, 1.54) is 22.3 Å². The summed E-state index contributed by atoms with van der Waals surface area (Å²) in [4.78, 5) is 6.87. The van der Waals surface area contributed by atoms with Crippen molar-refractivity contribution in [2.75, 3.05) is 7.05 Å². The van der Waals surface area contributed by atoms with E-state index in [1.807, 2.05) is 37.9 Å². The van der Waals surface area contributed by atoms with Gasteiger partial charge in [-0.2, -0.15) is 0 Å². The van der Waals surface area contributed by atoms with Crippen LogP contribution in [-0.4, -0.2) is 17.7 Å². The molecule has 0 radical (unpaired) electrons. The topological polar surface area (TPSA) is 27.6 Å². The SMILES string of the molecule is C=C/C(C)=C1/N=C(C(=C)NCc2ccc(C(=C)CC(C)(C)C)c(C)c2)C=C(C(=C)C)N1C. The number of rotatable bonds is 8. The summed E-state index contributed by atoms with van der Waals surface area (Å²) in [6.07, 6.45) is 4.83. The van der Waals surface area contributed by atoms with Crippen molar-refractivity contribution in [1.82, 2.24) is 10.2 Å². The molecule has 0 aliphatic carbocycles. The molecule has 1 aliphatic heterocycles. The molecule has 0 aromatic heterocycles. The van der Waals surface area contributed by atoms with Crippen LogP contribution < -0.4 is 5.32 Å². The summed E-state index contributed by atoms with van der Waals surface area (Å²) in [5.41, 5.74) is 9.70. The average molecular weight is 430 g/mol. The van der Waals surface area contributed by atoms with Crippen LogP contribution in [0.25, 0.3) is 5.57 Å². The summed E-state index contributed by atoms with van der Waals surface area (Å²) in [7, 11) is 2.00. The van der Waals surface area contributed by atoms with Gasteiger partial charge >= 0.3 is 0 Å². The van der Waals surface area contributed by atoms with Crippen molar-refractivity contribution in [3.63, 3.8) is 0 Å². The van der Waals surface area contributed by atoms with Crippen LogP contribution in [0.1, 0.15) is 57.7 Å². The molecule has 0 amide bonds. The lowest BCUT2D eigenvalue weighted by molar-refractivity contribution is 0.427. The Labute approximate surface area is 195 Å². The Hall–Kier alpha value is -3.07. The molecule has 32 heavy (non-hydrogen) atoms. The molecule has 1 aliphatic rings. The number of benzene rings is 1. The minimum Gasteiger partial charge on any atom is -0.380 e. The van der Waals surface area contributed by atoms with E-state index >= 15 is 0 Å². The minimum absolute atomic E-state index is 0.226. The van der Waals surface area contributed by atoms with Gasteiger partial charge in [-0.15, -0.1) is 0 Å². The predicted molar refractivity (Wildman–Crippen MR) is 141 cm³/mol. The predicted octanol–water partition coefficient (Wildman–Crippen LogP) is 7.31. The molecule has 0 atom stereocenters.